The van der Waals surface area contributed by atoms with Gasteiger partial charge in [0.2, 0.25) is 0 Å². The third-order valence-electron chi connectivity index (χ3n) is 3.64. The first kappa shape index (κ1) is 15.9. The molecule has 0 saturated carbocycles. The summed E-state index contributed by atoms with van der Waals surface area (Å²) in [6.45, 7) is 6.44. The molecule has 1 saturated heterocycles. The van der Waals surface area contributed by atoms with Crippen LogP contribution in [0.25, 0.3) is 0 Å². The van der Waals surface area contributed by atoms with Gasteiger partial charge in [-0.1, -0.05) is 13.8 Å². The molecule has 2 unspecified atom stereocenters. The minimum absolute atomic E-state index is 0.255. The molecule has 0 bridgehead atoms. The van der Waals surface area contributed by atoms with Crippen LogP contribution in [-0.4, -0.2) is 45.7 Å². The monoisotopic (exact) mass is 277 g/mol. The van der Waals surface area contributed by atoms with Crippen LogP contribution in [0, 0.1) is 5.92 Å². The highest BCUT2D eigenvalue weighted by Gasteiger charge is 2.23. The van der Waals surface area contributed by atoms with E-state index in [4.69, 9.17) is 4.74 Å². The second-order valence-corrected chi connectivity index (χ2v) is 7.49. The molecule has 5 heteroatoms. The summed E-state index contributed by atoms with van der Waals surface area (Å²) >= 11 is 0. The van der Waals surface area contributed by atoms with Gasteiger partial charge < -0.3 is 10.1 Å². The smallest absolute Gasteiger partial charge is 0.150 e. The summed E-state index contributed by atoms with van der Waals surface area (Å²) in [6.07, 6.45) is 4.00. The zero-order chi connectivity index (χ0) is 13.4. The molecule has 0 aromatic rings. The molecule has 0 spiro atoms. The third-order valence-corrected chi connectivity index (χ3v) is 5.43. The van der Waals surface area contributed by atoms with Crippen LogP contribution in [0.1, 0.15) is 39.5 Å². The standard InChI is InChI=1S/C13H27NO3S/c1-3-14-13(12-7-5-9-17-11-12)8-6-10-18(15,16)4-2/h12-14H,3-11H2,1-2H3. The summed E-state index contributed by atoms with van der Waals surface area (Å²) in [7, 11) is -2.82. The zero-order valence-corrected chi connectivity index (χ0v) is 12.5. The molecule has 18 heavy (non-hydrogen) atoms. The van der Waals surface area contributed by atoms with Crippen molar-refractivity contribution in [1.29, 1.82) is 0 Å². The van der Waals surface area contributed by atoms with E-state index in [-0.39, 0.29) is 5.75 Å². The molecule has 1 rings (SSSR count). The number of sulfone groups is 1. The molecule has 1 aliphatic heterocycles. The second-order valence-electron chi connectivity index (χ2n) is 5.02. The summed E-state index contributed by atoms with van der Waals surface area (Å²) in [5, 5.41) is 3.48. The van der Waals surface area contributed by atoms with Gasteiger partial charge in [0.25, 0.3) is 0 Å². The topological polar surface area (TPSA) is 55.4 Å². The van der Waals surface area contributed by atoms with Crippen molar-refractivity contribution in [3.8, 4) is 0 Å². The van der Waals surface area contributed by atoms with Crippen molar-refractivity contribution in [3.05, 3.63) is 0 Å². The van der Waals surface area contributed by atoms with Crippen LogP contribution in [0.3, 0.4) is 0 Å². The molecule has 108 valence electrons. The Kier molecular flexibility index (Phi) is 7.19. The van der Waals surface area contributed by atoms with Gasteiger partial charge in [-0.15, -0.1) is 0 Å². The van der Waals surface area contributed by atoms with Gasteiger partial charge in [-0.2, -0.15) is 0 Å². The maximum atomic E-state index is 11.5. The highest BCUT2D eigenvalue weighted by atomic mass is 32.2. The van der Waals surface area contributed by atoms with E-state index in [9.17, 15) is 8.42 Å². The molecule has 1 aliphatic rings. The Morgan fingerprint density at radius 1 is 1.39 bits per heavy atom. The van der Waals surface area contributed by atoms with Gasteiger partial charge in [-0.25, -0.2) is 8.42 Å². The molecule has 2 atom stereocenters. The van der Waals surface area contributed by atoms with Crippen LogP contribution in [-0.2, 0) is 14.6 Å². The Labute approximate surface area is 111 Å². The van der Waals surface area contributed by atoms with Crippen molar-refractivity contribution in [2.24, 2.45) is 5.92 Å². The van der Waals surface area contributed by atoms with Gasteiger partial charge >= 0.3 is 0 Å². The molecule has 0 aliphatic carbocycles. The summed E-state index contributed by atoms with van der Waals surface area (Å²) in [5.74, 6) is 1.12. The fourth-order valence-electron chi connectivity index (χ4n) is 2.52. The first-order valence-electron chi connectivity index (χ1n) is 7.10. The number of ether oxygens (including phenoxy) is 1. The first-order chi connectivity index (χ1) is 8.59. The predicted molar refractivity (Wildman–Crippen MR) is 74.6 cm³/mol. The van der Waals surface area contributed by atoms with Crippen molar-refractivity contribution in [2.75, 3.05) is 31.3 Å². The Bertz CT molecular complexity index is 310. The lowest BCUT2D eigenvalue weighted by Gasteiger charge is -2.30. The molecular formula is C13H27NO3S. The van der Waals surface area contributed by atoms with Crippen molar-refractivity contribution < 1.29 is 13.2 Å². The van der Waals surface area contributed by atoms with Gasteiger partial charge in [0.1, 0.15) is 9.84 Å². The highest BCUT2D eigenvalue weighted by molar-refractivity contribution is 7.91. The van der Waals surface area contributed by atoms with Gasteiger partial charge in [-0.05, 0) is 38.1 Å². The van der Waals surface area contributed by atoms with Crippen molar-refractivity contribution in [1.82, 2.24) is 5.32 Å². The number of nitrogens with one attached hydrogen (secondary N) is 1. The van der Waals surface area contributed by atoms with Gasteiger partial charge in [0.05, 0.1) is 12.4 Å². The molecule has 0 aromatic heterocycles. The lowest BCUT2D eigenvalue weighted by atomic mass is 9.91. The first-order valence-corrected chi connectivity index (χ1v) is 8.92. The van der Waals surface area contributed by atoms with Gasteiger partial charge in [0.15, 0.2) is 0 Å². The van der Waals surface area contributed by atoms with E-state index in [0.717, 1.165) is 39.0 Å². The summed E-state index contributed by atoms with van der Waals surface area (Å²) in [6, 6.07) is 0.405. The maximum Gasteiger partial charge on any atom is 0.150 e. The highest BCUT2D eigenvalue weighted by Crippen LogP contribution is 2.20. The molecule has 4 nitrogen and oxygen atoms in total. The Balaban J connectivity index is 2.37. The van der Waals surface area contributed by atoms with E-state index in [1.165, 1.54) is 6.42 Å². The molecule has 1 fully saturated rings. The average molecular weight is 277 g/mol. The molecular weight excluding hydrogens is 250 g/mol. The van der Waals surface area contributed by atoms with Crippen molar-refractivity contribution in [2.45, 2.75) is 45.6 Å². The fourth-order valence-corrected chi connectivity index (χ4v) is 3.41. The lowest BCUT2D eigenvalue weighted by molar-refractivity contribution is 0.0381. The SMILES string of the molecule is CCNC(CCCS(=O)(=O)CC)C1CCCOC1. The minimum Gasteiger partial charge on any atom is -0.381 e. The summed E-state index contributed by atoms with van der Waals surface area (Å²) in [5.41, 5.74) is 0. The van der Waals surface area contributed by atoms with Crippen LogP contribution in [0.4, 0.5) is 0 Å². The molecule has 1 N–H and O–H groups in total. The summed E-state index contributed by atoms with van der Waals surface area (Å²) in [4.78, 5) is 0. The number of hydrogen-bond acceptors (Lipinski definition) is 4. The van der Waals surface area contributed by atoms with Crippen molar-refractivity contribution in [3.63, 3.8) is 0 Å². The number of rotatable bonds is 8. The number of hydrogen-bond donors (Lipinski definition) is 1. The quantitative estimate of drug-likeness (QED) is 0.732. The predicted octanol–water partition coefficient (Wildman–Crippen LogP) is 1.61. The van der Waals surface area contributed by atoms with Gasteiger partial charge in [0, 0.05) is 18.4 Å². The Hall–Kier alpha value is -0.130. The van der Waals surface area contributed by atoms with E-state index in [1.807, 2.05) is 0 Å². The summed E-state index contributed by atoms with van der Waals surface area (Å²) < 4.78 is 28.5. The lowest BCUT2D eigenvalue weighted by Crippen LogP contribution is -2.40. The molecule has 0 radical (unpaired) electrons. The Morgan fingerprint density at radius 3 is 2.72 bits per heavy atom. The van der Waals surface area contributed by atoms with E-state index < -0.39 is 9.84 Å². The second kappa shape index (κ2) is 8.12. The minimum atomic E-state index is -2.82. The van der Waals surface area contributed by atoms with Crippen LogP contribution in [0.15, 0.2) is 0 Å². The average Bonchev–Trinajstić information content (AvgIpc) is 2.39. The van der Waals surface area contributed by atoms with E-state index in [0.29, 0.717) is 17.7 Å². The maximum absolute atomic E-state index is 11.5. The fraction of sp³-hybridized carbons (Fsp3) is 1.00. The molecule has 1 heterocycles. The zero-order valence-electron chi connectivity index (χ0n) is 11.7. The van der Waals surface area contributed by atoms with Crippen LogP contribution < -0.4 is 5.32 Å². The third kappa shape index (κ3) is 5.67. The van der Waals surface area contributed by atoms with Crippen LogP contribution in [0.5, 0.6) is 0 Å². The van der Waals surface area contributed by atoms with E-state index >= 15 is 0 Å². The van der Waals surface area contributed by atoms with Crippen LogP contribution in [0.2, 0.25) is 0 Å². The van der Waals surface area contributed by atoms with Crippen LogP contribution >= 0.6 is 0 Å². The Morgan fingerprint density at radius 2 is 2.17 bits per heavy atom. The molecule has 0 amide bonds. The normalized spacial score (nSPS) is 22.9. The largest absolute Gasteiger partial charge is 0.381 e. The van der Waals surface area contributed by atoms with E-state index in [1.54, 1.807) is 6.92 Å². The van der Waals surface area contributed by atoms with Gasteiger partial charge in [-0.3, -0.25) is 0 Å². The molecule has 0 aromatic carbocycles. The van der Waals surface area contributed by atoms with E-state index in [2.05, 4.69) is 12.2 Å². The van der Waals surface area contributed by atoms with Crippen molar-refractivity contribution >= 4 is 9.84 Å².